The Hall–Kier alpha value is -3.48. The number of benzene rings is 2. The van der Waals surface area contributed by atoms with E-state index in [1.807, 2.05) is 25.1 Å². The van der Waals surface area contributed by atoms with Crippen molar-refractivity contribution in [1.29, 1.82) is 0 Å². The third-order valence-corrected chi connectivity index (χ3v) is 5.61. The lowest BCUT2D eigenvalue weighted by Gasteiger charge is -2.26. The Morgan fingerprint density at radius 1 is 1.06 bits per heavy atom. The van der Waals surface area contributed by atoms with E-state index in [4.69, 9.17) is 0 Å². The fourth-order valence-corrected chi connectivity index (χ4v) is 3.53. The molecule has 1 heterocycles. The van der Waals surface area contributed by atoms with E-state index in [2.05, 4.69) is 29.2 Å². The maximum absolute atomic E-state index is 13.3. The molecule has 0 aliphatic rings. The summed E-state index contributed by atoms with van der Waals surface area (Å²) >= 11 is 0. The van der Waals surface area contributed by atoms with Crippen LogP contribution in [0.2, 0.25) is 0 Å². The first-order valence-electron chi connectivity index (χ1n) is 10.7. The number of hydrogen-bond acceptors (Lipinski definition) is 4. The summed E-state index contributed by atoms with van der Waals surface area (Å²) < 4.78 is 14.4. The van der Waals surface area contributed by atoms with Crippen molar-refractivity contribution in [2.75, 3.05) is 23.3 Å². The average Bonchev–Trinajstić information content (AvgIpc) is 2.77. The molecule has 3 rings (SSSR count). The molecule has 0 unspecified atom stereocenters. The molecule has 0 spiro atoms. The molecule has 1 aromatic heterocycles. The molecule has 0 saturated carbocycles. The van der Waals surface area contributed by atoms with Crippen LogP contribution in [0.25, 0.3) is 11.3 Å². The molecule has 0 fully saturated rings. The number of anilines is 2. The van der Waals surface area contributed by atoms with E-state index in [1.165, 1.54) is 22.9 Å². The molecule has 1 amide bonds. The fraction of sp³-hybridized carbons (Fsp3) is 0.320. The summed E-state index contributed by atoms with van der Waals surface area (Å²) in [6, 6.07) is 14.6. The fourth-order valence-electron chi connectivity index (χ4n) is 3.53. The smallest absolute Gasteiger partial charge is 0.267 e. The van der Waals surface area contributed by atoms with Crippen molar-refractivity contribution >= 4 is 17.3 Å². The Bertz CT molecular complexity index is 1170. The topological polar surface area (TPSA) is 67.2 Å². The van der Waals surface area contributed by atoms with Gasteiger partial charge in [0.25, 0.3) is 11.5 Å². The molecule has 0 radical (unpaired) electrons. The average molecular weight is 437 g/mol. The van der Waals surface area contributed by atoms with Crippen LogP contribution in [0.5, 0.6) is 0 Å². The van der Waals surface area contributed by atoms with E-state index in [0.717, 1.165) is 24.3 Å². The highest BCUT2D eigenvalue weighted by Gasteiger charge is 2.32. The maximum Gasteiger partial charge on any atom is 0.267 e. The molecule has 7 heteroatoms. The molecule has 0 aliphatic carbocycles. The summed E-state index contributed by atoms with van der Waals surface area (Å²) in [6.07, 6.45) is 0. The molecule has 1 N–H and O–H groups in total. The predicted octanol–water partition coefficient (Wildman–Crippen LogP) is 4.58. The lowest BCUT2D eigenvalue weighted by Crippen LogP contribution is -2.47. The van der Waals surface area contributed by atoms with Gasteiger partial charge >= 0.3 is 0 Å². The molecule has 2 aromatic carbocycles. The minimum absolute atomic E-state index is 0.357. The van der Waals surface area contributed by atoms with Crippen molar-refractivity contribution in [2.24, 2.45) is 0 Å². The molecule has 3 aromatic rings. The SMILES string of the molecule is CCN(CC)c1ccc(NC(=O)C(C)(C)n2nc(-c3ccc(F)cc3)ccc2=O)c(C)c1. The van der Waals surface area contributed by atoms with Crippen molar-refractivity contribution in [3.8, 4) is 11.3 Å². The first-order valence-corrected chi connectivity index (χ1v) is 10.7. The zero-order valence-corrected chi connectivity index (χ0v) is 19.1. The monoisotopic (exact) mass is 436 g/mol. The highest BCUT2D eigenvalue weighted by Crippen LogP contribution is 2.25. The lowest BCUT2D eigenvalue weighted by atomic mass is 10.0. The highest BCUT2D eigenvalue weighted by molar-refractivity contribution is 5.96. The Morgan fingerprint density at radius 2 is 1.72 bits per heavy atom. The summed E-state index contributed by atoms with van der Waals surface area (Å²) in [7, 11) is 0. The predicted molar refractivity (Wildman–Crippen MR) is 127 cm³/mol. The van der Waals surface area contributed by atoms with Crippen LogP contribution in [0.4, 0.5) is 15.8 Å². The zero-order chi connectivity index (χ0) is 23.5. The summed E-state index contributed by atoms with van der Waals surface area (Å²) in [5.74, 6) is -0.716. The van der Waals surface area contributed by atoms with Gasteiger partial charge in [-0.15, -0.1) is 0 Å². The van der Waals surface area contributed by atoms with Gasteiger partial charge in [0.15, 0.2) is 0 Å². The maximum atomic E-state index is 13.3. The standard InChI is InChI=1S/C25H29FN4O2/c1-6-29(7-2)20-12-13-21(17(3)16-20)27-24(32)25(4,5)30-23(31)15-14-22(28-30)18-8-10-19(26)11-9-18/h8-16H,6-7H2,1-5H3,(H,27,32). The third kappa shape index (κ3) is 4.72. The van der Waals surface area contributed by atoms with Crippen molar-refractivity contribution < 1.29 is 9.18 Å². The second kappa shape index (κ2) is 9.34. The third-order valence-electron chi connectivity index (χ3n) is 5.61. The van der Waals surface area contributed by atoms with Gasteiger partial charge in [0.05, 0.1) is 5.69 Å². The quantitative estimate of drug-likeness (QED) is 0.589. The summed E-state index contributed by atoms with van der Waals surface area (Å²) in [5.41, 5.74) is 2.18. The van der Waals surface area contributed by atoms with Gasteiger partial charge in [-0.3, -0.25) is 9.59 Å². The number of aryl methyl sites for hydroxylation is 1. The Balaban J connectivity index is 1.89. The molecule has 168 valence electrons. The molecule has 0 bridgehead atoms. The summed E-state index contributed by atoms with van der Waals surface area (Å²) in [5, 5.41) is 7.34. The molecule has 32 heavy (non-hydrogen) atoms. The van der Waals surface area contributed by atoms with Gasteiger partial charge in [0, 0.05) is 36.1 Å². The van der Waals surface area contributed by atoms with Gasteiger partial charge in [0.2, 0.25) is 0 Å². The normalized spacial score (nSPS) is 11.3. The number of aromatic nitrogens is 2. The lowest BCUT2D eigenvalue weighted by molar-refractivity contribution is -0.123. The van der Waals surface area contributed by atoms with E-state index in [0.29, 0.717) is 16.9 Å². The van der Waals surface area contributed by atoms with Crippen LogP contribution in [0.1, 0.15) is 33.3 Å². The largest absolute Gasteiger partial charge is 0.372 e. The van der Waals surface area contributed by atoms with Gasteiger partial charge < -0.3 is 10.2 Å². The van der Waals surface area contributed by atoms with Crippen LogP contribution in [0, 0.1) is 12.7 Å². The van der Waals surface area contributed by atoms with Crippen LogP contribution < -0.4 is 15.8 Å². The first-order chi connectivity index (χ1) is 15.2. The number of carbonyl (C=O) groups is 1. The van der Waals surface area contributed by atoms with E-state index < -0.39 is 11.1 Å². The van der Waals surface area contributed by atoms with E-state index in [1.54, 1.807) is 32.0 Å². The number of nitrogens with one attached hydrogen (secondary N) is 1. The van der Waals surface area contributed by atoms with Gasteiger partial charge in [-0.2, -0.15) is 5.10 Å². The van der Waals surface area contributed by atoms with Crippen molar-refractivity contribution in [3.05, 3.63) is 76.3 Å². The van der Waals surface area contributed by atoms with Crippen molar-refractivity contribution in [3.63, 3.8) is 0 Å². The van der Waals surface area contributed by atoms with Crippen LogP contribution in [-0.2, 0) is 10.3 Å². The molecular formula is C25H29FN4O2. The van der Waals surface area contributed by atoms with Crippen LogP contribution in [0.3, 0.4) is 0 Å². The van der Waals surface area contributed by atoms with Crippen LogP contribution >= 0.6 is 0 Å². The van der Waals surface area contributed by atoms with E-state index in [-0.39, 0.29) is 11.7 Å². The number of hydrogen-bond donors (Lipinski definition) is 1. The Morgan fingerprint density at radius 3 is 2.31 bits per heavy atom. The van der Waals surface area contributed by atoms with Crippen LogP contribution in [-0.4, -0.2) is 28.8 Å². The molecule has 0 saturated heterocycles. The number of rotatable bonds is 7. The molecule has 6 nitrogen and oxygen atoms in total. The number of carbonyl (C=O) groups excluding carboxylic acids is 1. The minimum atomic E-state index is -1.25. The Kier molecular flexibility index (Phi) is 6.77. The van der Waals surface area contributed by atoms with Gasteiger partial charge in [0.1, 0.15) is 11.4 Å². The first kappa shape index (κ1) is 23.2. The Labute approximate surface area is 187 Å². The minimum Gasteiger partial charge on any atom is -0.372 e. The summed E-state index contributed by atoms with van der Waals surface area (Å²) in [4.78, 5) is 28.0. The van der Waals surface area contributed by atoms with Gasteiger partial charge in [-0.1, -0.05) is 0 Å². The van der Waals surface area contributed by atoms with Gasteiger partial charge in [-0.25, -0.2) is 9.07 Å². The van der Waals surface area contributed by atoms with E-state index >= 15 is 0 Å². The molecule has 0 atom stereocenters. The van der Waals surface area contributed by atoms with Crippen molar-refractivity contribution in [1.82, 2.24) is 9.78 Å². The molecular weight excluding hydrogens is 407 g/mol. The van der Waals surface area contributed by atoms with Crippen molar-refractivity contribution in [2.45, 2.75) is 40.2 Å². The van der Waals surface area contributed by atoms with E-state index in [9.17, 15) is 14.0 Å². The number of halogens is 1. The molecule has 0 aliphatic heterocycles. The zero-order valence-electron chi connectivity index (χ0n) is 19.1. The number of amides is 1. The second-order valence-corrected chi connectivity index (χ2v) is 8.16. The van der Waals surface area contributed by atoms with Crippen LogP contribution in [0.15, 0.2) is 59.4 Å². The highest BCUT2D eigenvalue weighted by atomic mass is 19.1. The second-order valence-electron chi connectivity index (χ2n) is 8.16. The summed E-state index contributed by atoms with van der Waals surface area (Å²) in [6.45, 7) is 11.2. The van der Waals surface area contributed by atoms with Gasteiger partial charge in [-0.05, 0) is 88.7 Å². The number of nitrogens with zero attached hydrogens (tertiary/aromatic N) is 3.